The van der Waals surface area contributed by atoms with Crippen LogP contribution in [0.15, 0.2) is 36.9 Å². The Morgan fingerprint density at radius 2 is 2.27 bits per heavy atom. The number of ether oxygens (including phenoxy) is 1. The van der Waals surface area contributed by atoms with E-state index in [0.29, 0.717) is 17.9 Å². The third kappa shape index (κ3) is 2.49. The molecule has 0 saturated heterocycles. The number of anilines is 2. The van der Waals surface area contributed by atoms with Gasteiger partial charge in [0.2, 0.25) is 0 Å². The molecule has 0 heterocycles. The van der Waals surface area contributed by atoms with Crippen molar-refractivity contribution in [1.82, 2.24) is 0 Å². The first-order valence-corrected chi connectivity index (χ1v) is 4.51. The van der Waals surface area contributed by atoms with E-state index in [1.54, 1.807) is 18.2 Å². The number of carbonyl (C=O) groups is 1. The summed E-state index contributed by atoms with van der Waals surface area (Å²) in [7, 11) is 1.33. The summed E-state index contributed by atoms with van der Waals surface area (Å²) < 4.78 is 4.66. The lowest BCUT2D eigenvalue weighted by molar-refractivity contribution is 0.179. The Bertz CT molecular complexity index is 363. The standard InChI is InChI=1S/C11H14N2O2/c1-3-8-13(11(14)15-2)10-7-5-4-6-9(10)12/h3-7H,1,8,12H2,2H3. The fourth-order valence-corrected chi connectivity index (χ4v) is 1.24. The lowest BCUT2D eigenvalue weighted by Gasteiger charge is -2.20. The Hall–Kier alpha value is -1.97. The molecule has 80 valence electrons. The zero-order valence-corrected chi connectivity index (χ0v) is 8.64. The number of para-hydroxylation sites is 2. The van der Waals surface area contributed by atoms with Crippen molar-refractivity contribution in [2.24, 2.45) is 0 Å². The van der Waals surface area contributed by atoms with Crippen LogP contribution < -0.4 is 10.6 Å². The van der Waals surface area contributed by atoms with Crippen molar-refractivity contribution >= 4 is 17.5 Å². The molecule has 0 aliphatic carbocycles. The molecule has 0 radical (unpaired) electrons. The van der Waals surface area contributed by atoms with Gasteiger partial charge >= 0.3 is 6.09 Å². The van der Waals surface area contributed by atoms with E-state index in [9.17, 15) is 4.79 Å². The second-order valence-electron chi connectivity index (χ2n) is 2.93. The van der Waals surface area contributed by atoms with Crippen LogP contribution in [0.25, 0.3) is 0 Å². The lowest BCUT2D eigenvalue weighted by atomic mass is 10.2. The van der Waals surface area contributed by atoms with Gasteiger partial charge in [0.05, 0.1) is 18.5 Å². The average molecular weight is 206 g/mol. The first-order valence-electron chi connectivity index (χ1n) is 4.51. The number of amides is 1. The summed E-state index contributed by atoms with van der Waals surface area (Å²) >= 11 is 0. The molecule has 0 bridgehead atoms. The van der Waals surface area contributed by atoms with Crippen molar-refractivity contribution in [2.45, 2.75) is 0 Å². The van der Waals surface area contributed by atoms with Crippen molar-refractivity contribution in [3.8, 4) is 0 Å². The highest BCUT2D eigenvalue weighted by Gasteiger charge is 2.16. The number of nitrogen functional groups attached to an aromatic ring is 1. The van der Waals surface area contributed by atoms with Gasteiger partial charge in [-0.05, 0) is 12.1 Å². The fraction of sp³-hybridized carbons (Fsp3) is 0.182. The lowest BCUT2D eigenvalue weighted by Crippen LogP contribution is -2.31. The summed E-state index contributed by atoms with van der Waals surface area (Å²) in [6.45, 7) is 3.94. The normalized spacial score (nSPS) is 9.40. The largest absolute Gasteiger partial charge is 0.452 e. The van der Waals surface area contributed by atoms with Gasteiger partial charge in [0.15, 0.2) is 0 Å². The van der Waals surface area contributed by atoms with Crippen LogP contribution in [0.4, 0.5) is 16.2 Å². The van der Waals surface area contributed by atoms with Crippen LogP contribution in [-0.4, -0.2) is 19.7 Å². The van der Waals surface area contributed by atoms with Crippen molar-refractivity contribution < 1.29 is 9.53 Å². The van der Waals surface area contributed by atoms with Gasteiger partial charge in [0.1, 0.15) is 0 Å². The van der Waals surface area contributed by atoms with Gasteiger partial charge in [-0.2, -0.15) is 0 Å². The molecule has 0 unspecified atom stereocenters. The summed E-state index contributed by atoms with van der Waals surface area (Å²) in [6, 6.07) is 7.11. The Kier molecular flexibility index (Phi) is 3.74. The predicted molar refractivity (Wildman–Crippen MR) is 60.8 cm³/mol. The Balaban J connectivity index is 3.03. The number of rotatable bonds is 3. The SMILES string of the molecule is C=CCN(C(=O)OC)c1ccccc1N. The van der Waals surface area contributed by atoms with E-state index >= 15 is 0 Å². The molecule has 2 N–H and O–H groups in total. The minimum Gasteiger partial charge on any atom is -0.452 e. The number of nitrogens with two attached hydrogens (primary N) is 1. The maximum Gasteiger partial charge on any atom is 0.414 e. The second kappa shape index (κ2) is 5.05. The van der Waals surface area contributed by atoms with Gasteiger partial charge < -0.3 is 10.5 Å². The van der Waals surface area contributed by atoms with E-state index < -0.39 is 6.09 Å². The van der Waals surface area contributed by atoms with E-state index in [0.717, 1.165) is 0 Å². The minimum absolute atomic E-state index is 0.362. The van der Waals surface area contributed by atoms with E-state index in [2.05, 4.69) is 11.3 Å². The summed E-state index contributed by atoms with van der Waals surface area (Å²) in [5, 5.41) is 0. The van der Waals surface area contributed by atoms with Gasteiger partial charge in [0.25, 0.3) is 0 Å². The zero-order valence-electron chi connectivity index (χ0n) is 8.64. The van der Waals surface area contributed by atoms with E-state index in [1.165, 1.54) is 12.0 Å². The molecule has 1 aromatic carbocycles. The average Bonchev–Trinajstić information content (AvgIpc) is 2.26. The highest BCUT2D eigenvalue weighted by Crippen LogP contribution is 2.22. The first kappa shape index (κ1) is 11.1. The number of nitrogens with zero attached hydrogens (tertiary/aromatic N) is 1. The molecule has 0 fully saturated rings. The Labute approximate surface area is 88.9 Å². The van der Waals surface area contributed by atoms with Crippen molar-refractivity contribution in [2.75, 3.05) is 24.3 Å². The molecule has 4 heteroatoms. The maximum absolute atomic E-state index is 11.5. The second-order valence-corrected chi connectivity index (χ2v) is 2.93. The first-order chi connectivity index (χ1) is 7.20. The minimum atomic E-state index is -0.451. The van der Waals surface area contributed by atoms with Crippen LogP contribution in [-0.2, 0) is 4.74 Å². The van der Waals surface area contributed by atoms with Crippen LogP contribution >= 0.6 is 0 Å². The third-order valence-corrected chi connectivity index (χ3v) is 1.93. The van der Waals surface area contributed by atoms with Gasteiger partial charge in [0, 0.05) is 6.54 Å². The molecule has 0 saturated carbocycles. The molecular formula is C11H14N2O2. The van der Waals surface area contributed by atoms with E-state index in [4.69, 9.17) is 5.73 Å². The quantitative estimate of drug-likeness (QED) is 0.608. The van der Waals surface area contributed by atoms with Crippen molar-refractivity contribution in [1.29, 1.82) is 0 Å². The van der Waals surface area contributed by atoms with Gasteiger partial charge in [-0.25, -0.2) is 4.79 Å². The summed E-state index contributed by atoms with van der Waals surface area (Å²) in [5.74, 6) is 0. The summed E-state index contributed by atoms with van der Waals surface area (Å²) in [4.78, 5) is 12.9. The van der Waals surface area contributed by atoms with Crippen molar-refractivity contribution in [3.63, 3.8) is 0 Å². The molecule has 1 rings (SSSR count). The van der Waals surface area contributed by atoms with Crippen LogP contribution in [0, 0.1) is 0 Å². The summed E-state index contributed by atoms with van der Waals surface area (Å²) in [5.41, 5.74) is 6.92. The molecule has 0 aliphatic rings. The zero-order chi connectivity index (χ0) is 11.3. The molecule has 0 aromatic heterocycles. The number of methoxy groups -OCH3 is 1. The highest BCUT2D eigenvalue weighted by molar-refractivity contribution is 5.91. The third-order valence-electron chi connectivity index (χ3n) is 1.93. The molecule has 15 heavy (non-hydrogen) atoms. The van der Waals surface area contributed by atoms with Crippen molar-refractivity contribution in [3.05, 3.63) is 36.9 Å². The number of hydrogen-bond acceptors (Lipinski definition) is 3. The topological polar surface area (TPSA) is 55.6 Å². The Morgan fingerprint density at radius 3 is 2.80 bits per heavy atom. The summed E-state index contributed by atoms with van der Waals surface area (Å²) in [6.07, 6.45) is 1.16. The molecule has 0 atom stereocenters. The number of benzene rings is 1. The molecular weight excluding hydrogens is 192 g/mol. The highest BCUT2D eigenvalue weighted by atomic mass is 16.5. The molecule has 4 nitrogen and oxygen atoms in total. The molecule has 1 amide bonds. The predicted octanol–water partition coefficient (Wildman–Crippen LogP) is 2.03. The number of carbonyl (C=O) groups excluding carboxylic acids is 1. The smallest absolute Gasteiger partial charge is 0.414 e. The van der Waals surface area contributed by atoms with Crippen LogP contribution in [0.3, 0.4) is 0 Å². The van der Waals surface area contributed by atoms with Gasteiger partial charge in [-0.3, -0.25) is 4.90 Å². The Morgan fingerprint density at radius 1 is 1.60 bits per heavy atom. The molecule has 1 aromatic rings. The maximum atomic E-state index is 11.5. The van der Waals surface area contributed by atoms with Gasteiger partial charge in [-0.1, -0.05) is 18.2 Å². The molecule has 0 spiro atoms. The fourth-order valence-electron chi connectivity index (χ4n) is 1.24. The number of hydrogen-bond donors (Lipinski definition) is 1. The monoisotopic (exact) mass is 206 g/mol. The van der Waals surface area contributed by atoms with E-state index in [-0.39, 0.29) is 0 Å². The van der Waals surface area contributed by atoms with Crippen LogP contribution in [0.2, 0.25) is 0 Å². The molecule has 0 aliphatic heterocycles. The van der Waals surface area contributed by atoms with E-state index in [1.807, 2.05) is 12.1 Å². The van der Waals surface area contributed by atoms with Crippen LogP contribution in [0.1, 0.15) is 0 Å². The van der Waals surface area contributed by atoms with Gasteiger partial charge in [-0.15, -0.1) is 6.58 Å². The van der Waals surface area contributed by atoms with Crippen LogP contribution in [0.5, 0.6) is 0 Å².